The van der Waals surface area contributed by atoms with Crippen molar-refractivity contribution in [3.8, 4) is 5.75 Å². The van der Waals surface area contributed by atoms with Crippen molar-refractivity contribution in [1.82, 2.24) is 4.90 Å². The van der Waals surface area contributed by atoms with Crippen molar-refractivity contribution in [2.24, 2.45) is 0 Å². The molecule has 1 amide bonds. The minimum atomic E-state index is -1.30. The molecular weight excluding hydrogens is 451 g/mol. The highest BCUT2D eigenvalue weighted by Crippen LogP contribution is 2.23. The zero-order valence-electron chi connectivity index (χ0n) is 18.8. The van der Waals surface area contributed by atoms with E-state index in [0.717, 1.165) is 0 Å². The number of Topliss-reactive ketones (excluding diaryl/α,β-unsaturated/α-hetero) is 1. The molecule has 0 aromatic heterocycles. The monoisotopic (exact) mass is 476 g/mol. The summed E-state index contributed by atoms with van der Waals surface area (Å²) in [5.74, 6) is -1.23. The van der Waals surface area contributed by atoms with Crippen LogP contribution in [0.2, 0.25) is 5.02 Å². The Morgan fingerprint density at radius 1 is 1.03 bits per heavy atom. The van der Waals surface area contributed by atoms with Crippen molar-refractivity contribution in [2.45, 2.75) is 26.4 Å². The van der Waals surface area contributed by atoms with E-state index in [9.17, 15) is 18.8 Å². The van der Waals surface area contributed by atoms with Gasteiger partial charge in [-0.05, 0) is 63.2 Å². The molecule has 1 aliphatic rings. The quantitative estimate of drug-likeness (QED) is 0.447. The second-order valence-electron chi connectivity index (χ2n) is 8.23. The molecule has 3 rings (SSSR count). The topological polar surface area (TPSA) is 76.2 Å². The average molecular weight is 477 g/mol. The second-order valence-corrected chi connectivity index (χ2v) is 8.67. The molecule has 9 heteroatoms. The maximum atomic E-state index is 14.4. The van der Waals surface area contributed by atoms with E-state index in [1.54, 1.807) is 55.1 Å². The Bertz CT molecular complexity index is 1030. The molecule has 7 nitrogen and oxygen atoms in total. The largest absolute Gasteiger partial charge is 0.476 e. The minimum Gasteiger partial charge on any atom is -0.476 e. The molecule has 0 saturated carbocycles. The number of benzene rings is 2. The summed E-state index contributed by atoms with van der Waals surface area (Å²) in [6, 6.07) is 11.0. The fourth-order valence-corrected chi connectivity index (χ4v) is 3.54. The van der Waals surface area contributed by atoms with Crippen LogP contribution >= 0.6 is 11.6 Å². The van der Waals surface area contributed by atoms with Crippen molar-refractivity contribution in [1.29, 1.82) is 0 Å². The van der Waals surface area contributed by atoms with Gasteiger partial charge in [0.15, 0.2) is 18.0 Å². The summed E-state index contributed by atoms with van der Waals surface area (Å²) < 4.78 is 25.3. The van der Waals surface area contributed by atoms with Crippen molar-refractivity contribution >= 4 is 34.9 Å². The molecule has 1 aliphatic heterocycles. The standard InChI is InChI=1S/C24H26ClFN2O5/c1-16(29)17-4-9-21(20(26)14-17)27-10-12-28(13-11-27)22(30)15-32-23(31)24(2,3)33-19-7-5-18(25)6-8-19/h4-9,14H,10-13,15H2,1-3H3. The molecule has 1 fully saturated rings. The number of piperazine rings is 1. The molecular formula is C24H26ClFN2O5. The molecule has 1 saturated heterocycles. The number of nitrogens with zero attached hydrogens (tertiary/aromatic N) is 2. The van der Waals surface area contributed by atoms with Crippen LogP contribution in [0.1, 0.15) is 31.1 Å². The number of ketones is 1. The lowest BCUT2D eigenvalue weighted by molar-refractivity contribution is -0.164. The molecule has 0 aliphatic carbocycles. The van der Waals surface area contributed by atoms with E-state index in [1.165, 1.54) is 13.0 Å². The van der Waals surface area contributed by atoms with E-state index in [1.807, 2.05) is 4.90 Å². The van der Waals surface area contributed by atoms with Gasteiger partial charge >= 0.3 is 5.97 Å². The maximum absolute atomic E-state index is 14.4. The van der Waals surface area contributed by atoms with Crippen LogP contribution in [0, 0.1) is 5.82 Å². The van der Waals surface area contributed by atoms with Gasteiger partial charge in [0, 0.05) is 36.8 Å². The summed E-state index contributed by atoms with van der Waals surface area (Å²) in [5.41, 5.74) is -0.592. The van der Waals surface area contributed by atoms with Crippen LogP contribution in [0.4, 0.5) is 10.1 Å². The summed E-state index contributed by atoms with van der Waals surface area (Å²) in [7, 11) is 0. The number of hydrogen-bond acceptors (Lipinski definition) is 6. The van der Waals surface area contributed by atoms with Crippen molar-refractivity contribution in [3.63, 3.8) is 0 Å². The van der Waals surface area contributed by atoms with Gasteiger partial charge in [0.05, 0.1) is 5.69 Å². The zero-order valence-corrected chi connectivity index (χ0v) is 19.5. The number of carbonyl (C=O) groups is 3. The Hall–Kier alpha value is -3.13. The van der Waals surface area contributed by atoms with Crippen molar-refractivity contribution in [2.75, 3.05) is 37.7 Å². The van der Waals surface area contributed by atoms with Gasteiger partial charge < -0.3 is 19.3 Å². The van der Waals surface area contributed by atoms with Crippen LogP contribution in [0.3, 0.4) is 0 Å². The Morgan fingerprint density at radius 2 is 1.67 bits per heavy atom. The molecule has 176 valence electrons. The van der Waals surface area contributed by atoms with E-state index in [-0.39, 0.29) is 11.7 Å². The fourth-order valence-electron chi connectivity index (χ4n) is 3.41. The first-order valence-corrected chi connectivity index (χ1v) is 10.9. The molecule has 0 spiro atoms. The van der Waals surface area contributed by atoms with Gasteiger partial charge in [0.25, 0.3) is 5.91 Å². The van der Waals surface area contributed by atoms with E-state index >= 15 is 0 Å². The Labute approximate surface area is 197 Å². The minimum absolute atomic E-state index is 0.202. The van der Waals surface area contributed by atoms with Gasteiger partial charge in [-0.25, -0.2) is 9.18 Å². The van der Waals surface area contributed by atoms with Crippen LogP contribution in [0.5, 0.6) is 5.75 Å². The van der Waals surface area contributed by atoms with Gasteiger partial charge in [-0.15, -0.1) is 0 Å². The number of carbonyl (C=O) groups excluding carboxylic acids is 3. The van der Waals surface area contributed by atoms with Crippen molar-refractivity contribution in [3.05, 3.63) is 58.9 Å². The lowest BCUT2D eigenvalue weighted by atomic mass is 10.1. The molecule has 0 radical (unpaired) electrons. The highest BCUT2D eigenvalue weighted by molar-refractivity contribution is 6.30. The smallest absolute Gasteiger partial charge is 0.350 e. The van der Waals surface area contributed by atoms with Crippen LogP contribution in [0.25, 0.3) is 0 Å². The number of rotatable bonds is 7. The van der Waals surface area contributed by atoms with E-state index in [4.69, 9.17) is 21.1 Å². The summed E-state index contributed by atoms with van der Waals surface area (Å²) in [6.45, 7) is 5.63. The summed E-state index contributed by atoms with van der Waals surface area (Å²) >= 11 is 5.85. The summed E-state index contributed by atoms with van der Waals surface area (Å²) in [6.07, 6.45) is 0. The third kappa shape index (κ3) is 6.22. The Balaban J connectivity index is 1.49. The van der Waals surface area contributed by atoms with Gasteiger partial charge in [-0.1, -0.05) is 11.6 Å². The second kappa shape index (κ2) is 10.2. The van der Waals surface area contributed by atoms with E-state index < -0.39 is 24.0 Å². The number of ether oxygens (including phenoxy) is 2. The van der Waals surface area contributed by atoms with Gasteiger partial charge in [-0.3, -0.25) is 9.59 Å². The Morgan fingerprint density at radius 3 is 2.24 bits per heavy atom. The zero-order chi connectivity index (χ0) is 24.2. The van der Waals surface area contributed by atoms with Gasteiger partial charge in [0.1, 0.15) is 11.6 Å². The number of hydrogen-bond donors (Lipinski definition) is 0. The predicted molar refractivity (Wildman–Crippen MR) is 122 cm³/mol. The molecule has 1 heterocycles. The fraction of sp³-hybridized carbons (Fsp3) is 0.375. The SMILES string of the molecule is CC(=O)c1ccc(N2CCN(C(=O)COC(=O)C(C)(C)Oc3ccc(Cl)cc3)CC2)c(F)c1. The van der Waals surface area contributed by atoms with Gasteiger partial charge in [-0.2, -0.15) is 0 Å². The van der Waals surface area contributed by atoms with Crippen LogP contribution in [0.15, 0.2) is 42.5 Å². The molecule has 0 N–H and O–H groups in total. The number of anilines is 1. The first-order chi connectivity index (χ1) is 15.6. The van der Waals surface area contributed by atoms with Gasteiger partial charge in [0.2, 0.25) is 0 Å². The van der Waals surface area contributed by atoms with Crippen LogP contribution in [-0.2, 0) is 14.3 Å². The third-order valence-electron chi connectivity index (χ3n) is 5.33. The predicted octanol–water partition coefficient (Wildman–Crippen LogP) is 3.73. The number of halogens is 2. The summed E-state index contributed by atoms with van der Waals surface area (Å²) in [5, 5.41) is 0.546. The highest BCUT2D eigenvalue weighted by Gasteiger charge is 2.33. The molecule has 0 bridgehead atoms. The number of esters is 1. The molecule has 0 unspecified atom stereocenters. The van der Waals surface area contributed by atoms with E-state index in [2.05, 4.69) is 0 Å². The van der Waals surface area contributed by atoms with Crippen molar-refractivity contribution < 1.29 is 28.2 Å². The van der Waals surface area contributed by atoms with E-state index in [0.29, 0.717) is 48.2 Å². The highest BCUT2D eigenvalue weighted by atomic mass is 35.5. The third-order valence-corrected chi connectivity index (χ3v) is 5.58. The molecule has 2 aromatic carbocycles. The number of amides is 1. The lowest BCUT2D eigenvalue weighted by Crippen LogP contribution is -2.50. The summed E-state index contributed by atoms with van der Waals surface area (Å²) in [4.78, 5) is 39.8. The first-order valence-electron chi connectivity index (χ1n) is 10.5. The molecule has 33 heavy (non-hydrogen) atoms. The molecule has 0 atom stereocenters. The van der Waals surface area contributed by atoms with Crippen LogP contribution < -0.4 is 9.64 Å². The van der Waals surface area contributed by atoms with Crippen LogP contribution in [-0.4, -0.2) is 60.9 Å². The normalized spacial score (nSPS) is 14.1. The Kier molecular flexibility index (Phi) is 7.58. The maximum Gasteiger partial charge on any atom is 0.350 e. The lowest BCUT2D eigenvalue weighted by Gasteiger charge is -2.36. The first kappa shape index (κ1) is 24.5. The molecule has 2 aromatic rings. The average Bonchev–Trinajstić information content (AvgIpc) is 2.78.